The molecule has 0 amide bonds. The highest BCUT2D eigenvalue weighted by molar-refractivity contribution is 8.03. The number of carbonyl (C=O) groups excluding carboxylic acids is 1. The van der Waals surface area contributed by atoms with Crippen LogP contribution in [0.1, 0.15) is 73.6 Å². The number of aliphatic hydroxyl groups is 1. The first kappa shape index (κ1) is 24.6. The van der Waals surface area contributed by atoms with E-state index in [0.717, 1.165) is 25.7 Å². The molecule has 0 bridgehead atoms. The number of fused-ring (bicyclic) bond motifs is 3. The molecule has 1 fully saturated rings. The minimum atomic E-state index is -0.413. The maximum atomic E-state index is 12.1. The van der Waals surface area contributed by atoms with Crippen molar-refractivity contribution in [2.75, 3.05) is 13.2 Å². The van der Waals surface area contributed by atoms with E-state index in [1.165, 1.54) is 29.4 Å². The lowest BCUT2D eigenvalue weighted by Gasteiger charge is -2.54. The molecule has 0 aromatic rings. The summed E-state index contributed by atoms with van der Waals surface area (Å²) in [5.41, 5.74) is 2.22. The molecular formula is C26H40O4S. The molecule has 0 radical (unpaired) electrons. The smallest absolute Gasteiger partial charge is 0.302 e. The fourth-order valence-corrected chi connectivity index (χ4v) is 7.66. The third-order valence-electron chi connectivity index (χ3n) is 7.49. The third-order valence-corrected chi connectivity index (χ3v) is 8.87. The number of rotatable bonds is 8. The van der Waals surface area contributed by atoms with Crippen molar-refractivity contribution in [3.05, 3.63) is 34.3 Å². The summed E-state index contributed by atoms with van der Waals surface area (Å²) >= 11 is 1.96. The Bertz CT molecular complexity index is 765. The Balaban J connectivity index is 1.91. The Labute approximate surface area is 192 Å². The summed E-state index contributed by atoms with van der Waals surface area (Å²) in [4.78, 5) is 13.4. The van der Waals surface area contributed by atoms with Crippen LogP contribution >= 0.6 is 11.8 Å². The van der Waals surface area contributed by atoms with Crippen LogP contribution in [0.4, 0.5) is 0 Å². The van der Waals surface area contributed by atoms with Crippen LogP contribution in [0.25, 0.3) is 0 Å². The van der Waals surface area contributed by atoms with Crippen LogP contribution in [-0.2, 0) is 14.3 Å². The third kappa shape index (κ3) is 4.99. The number of thioether (sulfide) groups is 1. The Morgan fingerprint density at radius 3 is 2.71 bits per heavy atom. The molecule has 1 heterocycles. The number of ether oxygens (including phenoxy) is 2. The summed E-state index contributed by atoms with van der Waals surface area (Å²) in [6.45, 7) is 12.8. The van der Waals surface area contributed by atoms with E-state index >= 15 is 0 Å². The zero-order valence-electron chi connectivity index (χ0n) is 20.1. The molecule has 3 rings (SSSR count). The molecular weight excluding hydrogens is 408 g/mol. The first-order valence-electron chi connectivity index (χ1n) is 11.8. The zero-order chi connectivity index (χ0) is 22.8. The minimum Gasteiger partial charge on any atom is -0.462 e. The quantitative estimate of drug-likeness (QED) is 0.375. The number of hydrogen-bond acceptors (Lipinski definition) is 5. The molecule has 0 spiro atoms. The number of carbonyl (C=O) groups is 1. The molecule has 31 heavy (non-hydrogen) atoms. The van der Waals surface area contributed by atoms with E-state index in [2.05, 4.69) is 52.8 Å². The fraction of sp³-hybridized carbons (Fsp3) is 0.731. The van der Waals surface area contributed by atoms with Gasteiger partial charge in [0.25, 0.3) is 0 Å². The molecule has 1 N–H and O–H groups in total. The van der Waals surface area contributed by atoms with Gasteiger partial charge in [-0.3, -0.25) is 4.79 Å². The predicted molar refractivity (Wildman–Crippen MR) is 128 cm³/mol. The Morgan fingerprint density at radius 2 is 2.06 bits per heavy atom. The van der Waals surface area contributed by atoms with Crippen molar-refractivity contribution in [3.63, 3.8) is 0 Å². The van der Waals surface area contributed by atoms with Crippen molar-refractivity contribution in [1.29, 1.82) is 0 Å². The van der Waals surface area contributed by atoms with Gasteiger partial charge in [-0.1, -0.05) is 43.6 Å². The molecule has 5 atom stereocenters. The van der Waals surface area contributed by atoms with Gasteiger partial charge in [-0.05, 0) is 58.4 Å². The van der Waals surface area contributed by atoms with Gasteiger partial charge < -0.3 is 14.6 Å². The summed E-state index contributed by atoms with van der Waals surface area (Å²) < 4.78 is 12.1. The first-order chi connectivity index (χ1) is 14.6. The second kappa shape index (κ2) is 9.84. The normalized spacial score (nSPS) is 33.3. The number of aliphatic hydroxyl groups excluding tert-OH is 1. The van der Waals surface area contributed by atoms with E-state index in [1.54, 1.807) is 0 Å². The summed E-state index contributed by atoms with van der Waals surface area (Å²) in [5, 5.41) is 9.72. The lowest BCUT2D eigenvalue weighted by molar-refractivity contribution is -0.166. The Morgan fingerprint density at radius 1 is 1.32 bits per heavy atom. The van der Waals surface area contributed by atoms with Crippen molar-refractivity contribution in [2.45, 2.75) is 90.6 Å². The van der Waals surface area contributed by atoms with Crippen molar-refractivity contribution < 1.29 is 19.4 Å². The molecule has 2 aliphatic carbocycles. The van der Waals surface area contributed by atoms with Crippen LogP contribution in [0.5, 0.6) is 0 Å². The predicted octanol–water partition coefficient (Wildman–Crippen LogP) is 5.81. The van der Waals surface area contributed by atoms with Gasteiger partial charge in [0.15, 0.2) is 0 Å². The van der Waals surface area contributed by atoms with Gasteiger partial charge in [0.05, 0.1) is 18.8 Å². The maximum absolute atomic E-state index is 12.1. The molecule has 1 aliphatic heterocycles. The van der Waals surface area contributed by atoms with Crippen LogP contribution in [0.3, 0.4) is 0 Å². The van der Waals surface area contributed by atoms with Crippen molar-refractivity contribution in [1.82, 2.24) is 0 Å². The topological polar surface area (TPSA) is 55.8 Å². The first-order valence-corrected chi connectivity index (χ1v) is 12.7. The van der Waals surface area contributed by atoms with Gasteiger partial charge in [-0.2, -0.15) is 0 Å². The largest absolute Gasteiger partial charge is 0.462 e. The van der Waals surface area contributed by atoms with Crippen LogP contribution in [0.2, 0.25) is 0 Å². The van der Waals surface area contributed by atoms with E-state index in [0.29, 0.717) is 17.8 Å². The average Bonchev–Trinajstić information content (AvgIpc) is 3.06. The molecule has 5 heteroatoms. The maximum Gasteiger partial charge on any atom is 0.302 e. The lowest BCUT2D eigenvalue weighted by Crippen LogP contribution is -2.55. The molecule has 0 aromatic heterocycles. The minimum absolute atomic E-state index is 0.0143. The summed E-state index contributed by atoms with van der Waals surface area (Å²) in [5.74, 6) is 0.469. The summed E-state index contributed by atoms with van der Waals surface area (Å²) in [6.07, 6.45) is 12.1. The zero-order valence-corrected chi connectivity index (χ0v) is 20.9. The highest BCUT2D eigenvalue weighted by Crippen LogP contribution is 2.62. The van der Waals surface area contributed by atoms with Crippen LogP contribution in [-0.4, -0.2) is 41.2 Å². The number of esters is 1. The van der Waals surface area contributed by atoms with Gasteiger partial charge in [-0.15, -0.1) is 11.8 Å². The summed E-state index contributed by atoms with van der Waals surface area (Å²) in [7, 11) is 0. The molecule has 174 valence electrons. The van der Waals surface area contributed by atoms with E-state index < -0.39 is 5.60 Å². The highest BCUT2D eigenvalue weighted by Gasteiger charge is 2.60. The van der Waals surface area contributed by atoms with Gasteiger partial charge >= 0.3 is 5.97 Å². The van der Waals surface area contributed by atoms with Crippen LogP contribution in [0, 0.1) is 17.3 Å². The van der Waals surface area contributed by atoms with E-state index in [-0.39, 0.29) is 30.0 Å². The van der Waals surface area contributed by atoms with Gasteiger partial charge in [0.2, 0.25) is 0 Å². The second-order valence-corrected chi connectivity index (χ2v) is 11.4. The van der Waals surface area contributed by atoms with E-state index in [9.17, 15) is 9.90 Å². The monoisotopic (exact) mass is 448 g/mol. The molecule has 0 aromatic carbocycles. The molecule has 3 unspecified atom stereocenters. The summed E-state index contributed by atoms with van der Waals surface area (Å²) in [6, 6.07) is 0. The van der Waals surface area contributed by atoms with Gasteiger partial charge in [0, 0.05) is 28.4 Å². The highest BCUT2D eigenvalue weighted by atomic mass is 32.2. The molecule has 4 nitrogen and oxygen atoms in total. The van der Waals surface area contributed by atoms with Crippen molar-refractivity contribution in [2.24, 2.45) is 17.3 Å². The average molecular weight is 449 g/mol. The molecule has 3 aliphatic rings. The van der Waals surface area contributed by atoms with Gasteiger partial charge in [0.1, 0.15) is 6.10 Å². The SMILES string of the molecule is CCC/C(C)=C\C1=CCC2C3=CCC(C(C)(C)OCCO)[C@@]3(C)[C@H](OC(C)=O)CC2S1. The van der Waals surface area contributed by atoms with Crippen molar-refractivity contribution >= 4 is 17.7 Å². The van der Waals surface area contributed by atoms with Crippen LogP contribution < -0.4 is 0 Å². The van der Waals surface area contributed by atoms with E-state index in [4.69, 9.17) is 9.47 Å². The molecule has 0 saturated heterocycles. The molecule has 1 saturated carbocycles. The lowest BCUT2D eigenvalue weighted by atomic mass is 9.58. The number of hydrogen-bond donors (Lipinski definition) is 1. The van der Waals surface area contributed by atoms with Gasteiger partial charge in [-0.25, -0.2) is 0 Å². The number of allylic oxidation sites excluding steroid dienone is 4. The Hall–Kier alpha value is -1.04. The standard InChI is InChI=1S/C26H40O4S/c1-7-8-17(2)15-19-9-10-20-21-11-12-23(25(4,5)29-14-13-27)26(21,6)24(30-18(3)28)16-22(20)31-19/h9,11,15,20,22-24,27H,7-8,10,12-14,16H2,1-6H3/b17-15-/t20?,22?,23?,24-,26+/m1/s1. The fourth-order valence-electron chi connectivity index (χ4n) is 6.16. The second-order valence-electron chi connectivity index (χ2n) is 10.1. The van der Waals surface area contributed by atoms with E-state index in [1.807, 2.05) is 11.8 Å². The Kier molecular flexibility index (Phi) is 7.81. The van der Waals surface area contributed by atoms with Crippen LogP contribution in [0.15, 0.2) is 34.3 Å². The van der Waals surface area contributed by atoms with Crippen molar-refractivity contribution in [3.8, 4) is 0 Å².